The highest BCUT2D eigenvalue weighted by molar-refractivity contribution is 6.32. The van der Waals surface area contributed by atoms with Crippen molar-refractivity contribution in [2.45, 2.75) is 50.4 Å². The first kappa shape index (κ1) is 14.9. The molecule has 3 nitrogen and oxygen atoms in total. The molecule has 3 fully saturated rings. The van der Waals surface area contributed by atoms with E-state index in [2.05, 4.69) is 47.3 Å². The molecule has 3 saturated heterocycles. The summed E-state index contributed by atoms with van der Waals surface area (Å²) in [5.41, 5.74) is 2.48. The van der Waals surface area contributed by atoms with Gasteiger partial charge in [0.15, 0.2) is 0 Å². The predicted octanol–water partition coefficient (Wildman–Crippen LogP) is 2.83. The van der Waals surface area contributed by atoms with Crippen molar-refractivity contribution in [3.8, 4) is 0 Å². The Morgan fingerprint density at radius 3 is 2.59 bits per heavy atom. The van der Waals surface area contributed by atoms with Crippen LogP contribution in [-0.2, 0) is 0 Å². The van der Waals surface area contributed by atoms with Gasteiger partial charge in [-0.2, -0.15) is 0 Å². The standard InChI is InChI=1S/C18H26ClN3/c1-12-4-3-5-15(17(12)19)18-16(8-9-20-18)22-13-6-7-14(22)11-21(2)10-13/h3-5,13-14,16,18,20H,6-11H2,1-2H3/t13?,14?,16-,18-/m1/s1. The Labute approximate surface area is 138 Å². The molecule has 22 heavy (non-hydrogen) atoms. The summed E-state index contributed by atoms with van der Waals surface area (Å²) in [6.07, 6.45) is 3.96. The molecular weight excluding hydrogens is 294 g/mol. The number of likely N-dealkylation sites (N-methyl/N-ethyl adjacent to an activating group) is 1. The number of piperazine rings is 1. The van der Waals surface area contributed by atoms with Crippen LogP contribution in [0.25, 0.3) is 0 Å². The highest BCUT2D eigenvalue weighted by Gasteiger charge is 2.46. The van der Waals surface area contributed by atoms with Crippen LogP contribution >= 0.6 is 11.6 Å². The Morgan fingerprint density at radius 1 is 1.14 bits per heavy atom. The fourth-order valence-electron chi connectivity index (χ4n) is 4.93. The minimum atomic E-state index is 0.388. The van der Waals surface area contributed by atoms with Crippen molar-refractivity contribution in [1.82, 2.24) is 15.1 Å². The minimum Gasteiger partial charge on any atom is -0.309 e. The lowest BCUT2D eigenvalue weighted by atomic mass is 9.95. The SMILES string of the molecule is Cc1cccc([C@H]2NCC[C@H]2N2C3CCC2CN(C)C3)c1Cl. The molecule has 3 aliphatic rings. The lowest BCUT2D eigenvalue weighted by Crippen LogP contribution is -2.57. The Kier molecular flexibility index (Phi) is 3.93. The molecule has 2 unspecified atom stereocenters. The molecule has 0 aliphatic carbocycles. The number of hydrogen-bond acceptors (Lipinski definition) is 3. The molecule has 1 aromatic rings. The second-order valence-electron chi connectivity index (χ2n) is 7.32. The summed E-state index contributed by atoms with van der Waals surface area (Å²) in [6.45, 7) is 5.66. The van der Waals surface area contributed by atoms with Crippen LogP contribution in [0.2, 0.25) is 5.02 Å². The number of fused-ring (bicyclic) bond motifs is 2. The average Bonchev–Trinajstić information content (AvgIpc) is 3.04. The van der Waals surface area contributed by atoms with Gasteiger partial charge in [0.2, 0.25) is 0 Å². The second-order valence-corrected chi connectivity index (χ2v) is 7.70. The smallest absolute Gasteiger partial charge is 0.0493 e. The number of nitrogens with one attached hydrogen (secondary N) is 1. The van der Waals surface area contributed by atoms with Gasteiger partial charge in [0.05, 0.1) is 0 Å². The summed E-state index contributed by atoms with van der Waals surface area (Å²) in [4.78, 5) is 5.35. The van der Waals surface area contributed by atoms with Gasteiger partial charge in [-0.15, -0.1) is 0 Å². The van der Waals surface area contributed by atoms with Crippen molar-refractivity contribution in [3.63, 3.8) is 0 Å². The van der Waals surface area contributed by atoms with Gasteiger partial charge >= 0.3 is 0 Å². The molecule has 0 saturated carbocycles. The Balaban J connectivity index is 1.63. The molecule has 1 N–H and O–H groups in total. The zero-order valence-corrected chi connectivity index (χ0v) is 14.3. The molecule has 3 aliphatic heterocycles. The van der Waals surface area contributed by atoms with E-state index in [9.17, 15) is 0 Å². The molecule has 4 heteroatoms. The van der Waals surface area contributed by atoms with Crippen molar-refractivity contribution < 1.29 is 0 Å². The summed E-state index contributed by atoms with van der Waals surface area (Å²) in [7, 11) is 2.27. The number of nitrogens with zero attached hydrogens (tertiary/aromatic N) is 2. The first-order valence-electron chi connectivity index (χ1n) is 8.59. The minimum absolute atomic E-state index is 0.388. The van der Waals surface area contributed by atoms with Crippen molar-refractivity contribution in [2.75, 3.05) is 26.7 Å². The van der Waals surface area contributed by atoms with E-state index in [-0.39, 0.29) is 0 Å². The van der Waals surface area contributed by atoms with Gasteiger partial charge in [-0.3, -0.25) is 4.90 Å². The monoisotopic (exact) mass is 319 g/mol. The van der Waals surface area contributed by atoms with Crippen molar-refractivity contribution in [2.24, 2.45) is 0 Å². The van der Waals surface area contributed by atoms with Gasteiger partial charge in [0, 0.05) is 42.3 Å². The number of benzene rings is 1. The van der Waals surface area contributed by atoms with Crippen molar-refractivity contribution >= 4 is 11.6 Å². The predicted molar refractivity (Wildman–Crippen MR) is 91.5 cm³/mol. The maximum atomic E-state index is 6.62. The van der Waals surface area contributed by atoms with Gasteiger partial charge in [-0.25, -0.2) is 0 Å². The van der Waals surface area contributed by atoms with Gasteiger partial charge < -0.3 is 10.2 Å². The van der Waals surface area contributed by atoms with E-state index < -0.39 is 0 Å². The number of rotatable bonds is 2. The van der Waals surface area contributed by atoms with Crippen LogP contribution in [0.3, 0.4) is 0 Å². The third-order valence-corrected chi connectivity index (χ3v) is 6.37. The van der Waals surface area contributed by atoms with Gasteiger partial charge in [0.1, 0.15) is 0 Å². The van der Waals surface area contributed by atoms with E-state index in [0.717, 1.165) is 23.7 Å². The molecule has 120 valence electrons. The maximum Gasteiger partial charge on any atom is 0.0493 e. The van der Waals surface area contributed by atoms with Gasteiger partial charge in [0.25, 0.3) is 0 Å². The van der Waals surface area contributed by atoms with E-state index in [1.54, 1.807) is 0 Å². The van der Waals surface area contributed by atoms with Crippen LogP contribution in [0, 0.1) is 6.92 Å². The molecule has 4 rings (SSSR count). The third-order valence-electron chi connectivity index (χ3n) is 5.85. The molecule has 1 aromatic carbocycles. The number of aryl methyl sites for hydroxylation is 1. The van der Waals surface area contributed by atoms with Gasteiger partial charge in [-0.05, 0) is 50.9 Å². The lowest BCUT2D eigenvalue weighted by Gasteiger charge is -2.44. The quantitative estimate of drug-likeness (QED) is 0.904. The van der Waals surface area contributed by atoms with Gasteiger partial charge in [-0.1, -0.05) is 29.8 Å². The van der Waals surface area contributed by atoms with Crippen molar-refractivity contribution in [1.29, 1.82) is 0 Å². The molecule has 3 heterocycles. The molecule has 2 bridgehead atoms. The summed E-state index contributed by atoms with van der Waals surface area (Å²) in [5.74, 6) is 0. The zero-order valence-electron chi connectivity index (χ0n) is 13.6. The second kappa shape index (κ2) is 5.79. The summed E-state index contributed by atoms with van der Waals surface area (Å²) in [6, 6.07) is 8.93. The normalized spacial score (nSPS) is 36.1. The van der Waals surface area contributed by atoms with Crippen LogP contribution in [0.5, 0.6) is 0 Å². The Morgan fingerprint density at radius 2 is 1.86 bits per heavy atom. The highest BCUT2D eigenvalue weighted by Crippen LogP contribution is 2.40. The van der Waals surface area contributed by atoms with E-state index in [0.29, 0.717) is 12.1 Å². The van der Waals surface area contributed by atoms with Crippen LogP contribution in [-0.4, -0.2) is 54.6 Å². The van der Waals surface area contributed by atoms with E-state index in [4.69, 9.17) is 11.6 Å². The number of halogens is 1. The average molecular weight is 320 g/mol. The Bertz CT molecular complexity index is 547. The van der Waals surface area contributed by atoms with E-state index >= 15 is 0 Å². The van der Waals surface area contributed by atoms with Crippen LogP contribution in [0.15, 0.2) is 18.2 Å². The maximum absolute atomic E-state index is 6.62. The summed E-state index contributed by atoms with van der Waals surface area (Å²) < 4.78 is 0. The van der Waals surface area contributed by atoms with Crippen molar-refractivity contribution in [3.05, 3.63) is 34.3 Å². The first-order chi connectivity index (χ1) is 10.6. The zero-order chi connectivity index (χ0) is 15.3. The molecule has 0 aromatic heterocycles. The summed E-state index contributed by atoms with van der Waals surface area (Å²) in [5, 5.41) is 4.68. The van der Waals surface area contributed by atoms with Crippen LogP contribution in [0.1, 0.15) is 36.4 Å². The highest BCUT2D eigenvalue weighted by atomic mass is 35.5. The fraction of sp³-hybridized carbons (Fsp3) is 0.667. The number of hydrogen-bond donors (Lipinski definition) is 1. The van der Waals surface area contributed by atoms with Crippen LogP contribution < -0.4 is 5.32 Å². The summed E-state index contributed by atoms with van der Waals surface area (Å²) >= 11 is 6.62. The molecular formula is C18H26ClN3. The van der Waals surface area contributed by atoms with E-state index in [1.165, 1.54) is 43.5 Å². The largest absolute Gasteiger partial charge is 0.309 e. The molecule has 0 amide bonds. The Hall–Kier alpha value is -0.610. The fourth-order valence-corrected chi connectivity index (χ4v) is 5.17. The molecule has 0 radical (unpaired) electrons. The number of likely N-dealkylation sites (tertiary alicyclic amines) is 1. The first-order valence-corrected chi connectivity index (χ1v) is 8.97. The van der Waals surface area contributed by atoms with Crippen LogP contribution in [0.4, 0.5) is 0 Å². The topological polar surface area (TPSA) is 18.5 Å². The molecule has 4 atom stereocenters. The lowest BCUT2D eigenvalue weighted by molar-refractivity contribution is 0.0391. The third kappa shape index (κ3) is 2.39. The van der Waals surface area contributed by atoms with E-state index in [1.807, 2.05) is 0 Å². The molecule has 0 spiro atoms.